The van der Waals surface area contributed by atoms with Crippen LogP contribution in [0.3, 0.4) is 0 Å². The summed E-state index contributed by atoms with van der Waals surface area (Å²) in [5.41, 5.74) is 3.20. The number of aromatic nitrogens is 3. The molecule has 2 N–H and O–H groups in total. The van der Waals surface area contributed by atoms with Crippen molar-refractivity contribution in [1.29, 1.82) is 0 Å². The zero-order valence-electron chi connectivity index (χ0n) is 19.6. The van der Waals surface area contributed by atoms with Crippen LogP contribution in [0.5, 0.6) is 0 Å². The zero-order chi connectivity index (χ0) is 22.7. The lowest BCUT2D eigenvalue weighted by molar-refractivity contribution is -0.121. The van der Waals surface area contributed by atoms with Gasteiger partial charge in [0.1, 0.15) is 17.8 Å². The number of carbonyl (C=O) groups excluding carboxylic acids is 1. The third kappa shape index (κ3) is 4.79. The van der Waals surface area contributed by atoms with Crippen molar-refractivity contribution in [2.24, 2.45) is 11.8 Å². The summed E-state index contributed by atoms with van der Waals surface area (Å²) >= 11 is 0. The summed E-state index contributed by atoms with van der Waals surface area (Å²) in [4.78, 5) is 27.8. The Balaban J connectivity index is 1.46. The second-order valence-corrected chi connectivity index (χ2v) is 9.67. The summed E-state index contributed by atoms with van der Waals surface area (Å²) in [5.74, 6) is 2.25. The average Bonchev–Trinajstić information content (AvgIpc) is 3.26. The molecule has 1 aromatic carbocycles. The van der Waals surface area contributed by atoms with E-state index in [9.17, 15) is 4.79 Å². The van der Waals surface area contributed by atoms with Crippen LogP contribution in [-0.4, -0.2) is 39.9 Å². The number of H-pyrrole nitrogens is 1. The highest BCUT2D eigenvalue weighted by Crippen LogP contribution is 2.30. The minimum Gasteiger partial charge on any atom is -0.375 e. The van der Waals surface area contributed by atoms with Gasteiger partial charge < -0.3 is 15.2 Å². The van der Waals surface area contributed by atoms with Crippen molar-refractivity contribution in [1.82, 2.24) is 15.0 Å². The number of nitrogens with one attached hydrogen (secondary N) is 2. The Labute approximate surface area is 190 Å². The molecule has 170 valence electrons. The number of rotatable bonds is 8. The third-order valence-electron chi connectivity index (χ3n) is 6.55. The van der Waals surface area contributed by atoms with E-state index >= 15 is 0 Å². The van der Waals surface area contributed by atoms with Crippen molar-refractivity contribution in [3.8, 4) is 0 Å². The molecule has 3 heterocycles. The summed E-state index contributed by atoms with van der Waals surface area (Å²) in [6.45, 7) is 10.5. The Morgan fingerprint density at radius 3 is 2.78 bits per heavy atom. The van der Waals surface area contributed by atoms with E-state index < -0.39 is 0 Å². The molecule has 6 heteroatoms. The number of ketones is 1. The summed E-state index contributed by atoms with van der Waals surface area (Å²) in [6.07, 6.45) is 6.27. The van der Waals surface area contributed by atoms with E-state index in [2.05, 4.69) is 71.1 Å². The largest absolute Gasteiger partial charge is 0.375 e. The van der Waals surface area contributed by atoms with Crippen LogP contribution in [0.1, 0.15) is 58.4 Å². The second kappa shape index (κ2) is 9.72. The van der Waals surface area contributed by atoms with Gasteiger partial charge in [0.15, 0.2) is 5.78 Å². The average molecular weight is 434 g/mol. The molecule has 0 saturated carbocycles. The molecule has 2 aromatic heterocycles. The Morgan fingerprint density at radius 1 is 1.19 bits per heavy atom. The summed E-state index contributed by atoms with van der Waals surface area (Å²) in [6, 6.07) is 10.2. The van der Waals surface area contributed by atoms with Gasteiger partial charge in [-0.2, -0.15) is 0 Å². The van der Waals surface area contributed by atoms with Gasteiger partial charge in [-0.1, -0.05) is 45.9 Å². The van der Waals surface area contributed by atoms with Crippen LogP contribution in [0, 0.1) is 11.8 Å². The maximum absolute atomic E-state index is 13.4. The predicted molar refractivity (Wildman–Crippen MR) is 131 cm³/mol. The van der Waals surface area contributed by atoms with E-state index in [1.165, 1.54) is 5.56 Å². The van der Waals surface area contributed by atoms with Gasteiger partial charge in [0.2, 0.25) is 0 Å². The quantitative estimate of drug-likeness (QED) is 0.498. The monoisotopic (exact) mass is 433 g/mol. The summed E-state index contributed by atoms with van der Waals surface area (Å²) < 4.78 is 0. The Kier molecular flexibility index (Phi) is 6.77. The number of hydrogen-bond donors (Lipinski definition) is 2. The molecule has 6 nitrogen and oxygen atoms in total. The highest BCUT2D eigenvalue weighted by Gasteiger charge is 2.29. The number of fused-ring (bicyclic) bond motifs is 1. The number of hydrogen-bond acceptors (Lipinski definition) is 5. The van der Waals surface area contributed by atoms with E-state index in [1.54, 1.807) is 6.33 Å². The fourth-order valence-electron chi connectivity index (χ4n) is 4.86. The first-order chi connectivity index (χ1) is 15.4. The Bertz CT molecular complexity index is 1060. The lowest BCUT2D eigenvalue weighted by Crippen LogP contribution is -2.40. The van der Waals surface area contributed by atoms with Gasteiger partial charge in [0.25, 0.3) is 0 Å². The molecule has 0 unspecified atom stereocenters. The van der Waals surface area contributed by atoms with Crippen molar-refractivity contribution in [3.05, 3.63) is 48.4 Å². The van der Waals surface area contributed by atoms with Crippen LogP contribution < -0.4 is 10.2 Å². The van der Waals surface area contributed by atoms with E-state index in [4.69, 9.17) is 0 Å². The predicted octanol–water partition coefficient (Wildman–Crippen LogP) is 5.39. The Morgan fingerprint density at radius 2 is 2.00 bits per heavy atom. The minimum absolute atomic E-state index is 0.180. The molecule has 32 heavy (non-hydrogen) atoms. The maximum atomic E-state index is 13.4. The number of nitrogens with zero attached hydrogens (tertiary/aromatic N) is 3. The molecule has 3 aromatic rings. The first kappa shape index (κ1) is 22.3. The van der Waals surface area contributed by atoms with E-state index in [-0.39, 0.29) is 12.0 Å². The van der Waals surface area contributed by atoms with Crippen LogP contribution in [0.25, 0.3) is 11.0 Å². The number of aromatic amines is 1. The van der Waals surface area contributed by atoms with Crippen LogP contribution in [-0.2, 0) is 4.79 Å². The number of anilines is 2. The van der Waals surface area contributed by atoms with E-state index in [0.717, 1.165) is 48.5 Å². The van der Waals surface area contributed by atoms with Crippen LogP contribution >= 0.6 is 0 Å². The molecular weight excluding hydrogens is 398 g/mol. The maximum Gasteiger partial charge on any atom is 0.155 e. The number of Topliss-reactive ketones (excluding diaryl/α,β-unsaturated/α-hetero) is 1. The van der Waals surface area contributed by atoms with Gasteiger partial charge in [-0.25, -0.2) is 9.97 Å². The molecular formula is C26H35N5O. The van der Waals surface area contributed by atoms with Gasteiger partial charge in [-0.15, -0.1) is 0 Å². The van der Waals surface area contributed by atoms with Gasteiger partial charge in [0, 0.05) is 31.4 Å². The van der Waals surface area contributed by atoms with Gasteiger partial charge in [-0.3, -0.25) is 4.79 Å². The van der Waals surface area contributed by atoms with Gasteiger partial charge >= 0.3 is 0 Å². The number of piperidine rings is 1. The molecule has 2 atom stereocenters. The molecule has 1 saturated heterocycles. The van der Waals surface area contributed by atoms with Crippen molar-refractivity contribution in [2.45, 2.75) is 58.9 Å². The fourth-order valence-corrected chi connectivity index (χ4v) is 4.86. The fraction of sp³-hybridized carbons (Fsp3) is 0.500. The van der Waals surface area contributed by atoms with Crippen molar-refractivity contribution in [3.63, 3.8) is 0 Å². The summed E-state index contributed by atoms with van der Waals surface area (Å²) in [7, 11) is 0. The first-order valence-electron chi connectivity index (χ1n) is 11.8. The lowest BCUT2D eigenvalue weighted by atomic mass is 9.87. The van der Waals surface area contributed by atoms with E-state index in [1.807, 2.05) is 18.3 Å². The Hall–Kier alpha value is -2.89. The van der Waals surface area contributed by atoms with Crippen molar-refractivity contribution >= 4 is 28.3 Å². The smallest absolute Gasteiger partial charge is 0.155 e. The van der Waals surface area contributed by atoms with Crippen molar-refractivity contribution in [2.75, 3.05) is 23.3 Å². The highest BCUT2D eigenvalue weighted by molar-refractivity contribution is 5.88. The van der Waals surface area contributed by atoms with E-state index in [0.29, 0.717) is 24.0 Å². The molecule has 1 aliphatic heterocycles. The molecule has 1 aliphatic rings. The van der Waals surface area contributed by atoms with Gasteiger partial charge in [-0.05, 0) is 48.3 Å². The van der Waals surface area contributed by atoms with Crippen LogP contribution in [0.4, 0.5) is 11.5 Å². The lowest BCUT2D eigenvalue weighted by Gasteiger charge is -2.34. The van der Waals surface area contributed by atoms with Crippen LogP contribution in [0.15, 0.2) is 42.9 Å². The number of carbonyl (C=O) groups is 1. The van der Waals surface area contributed by atoms with Gasteiger partial charge in [0.05, 0.1) is 11.4 Å². The molecule has 0 aliphatic carbocycles. The summed E-state index contributed by atoms with van der Waals surface area (Å²) in [5, 5.41) is 4.64. The number of para-hydroxylation sites is 1. The second-order valence-electron chi connectivity index (χ2n) is 9.67. The first-order valence-corrected chi connectivity index (χ1v) is 11.8. The normalized spacial score (nSPS) is 17.8. The molecule has 4 rings (SSSR count). The molecule has 1 fully saturated rings. The molecule has 0 bridgehead atoms. The molecule has 0 amide bonds. The van der Waals surface area contributed by atoms with Crippen molar-refractivity contribution < 1.29 is 4.79 Å². The SMILES string of the molecule is CC(C)c1ccccc1N[C@@H](C(=O)C[C@@H]1CCCN(c2ncnc3[nH]ccc23)C1)C(C)C. The highest BCUT2D eigenvalue weighted by atomic mass is 16.1. The minimum atomic E-state index is -0.180. The third-order valence-corrected chi connectivity index (χ3v) is 6.55. The zero-order valence-corrected chi connectivity index (χ0v) is 19.6. The molecule has 0 spiro atoms. The number of benzene rings is 1. The topological polar surface area (TPSA) is 73.9 Å². The molecule has 0 radical (unpaired) electrons. The van der Waals surface area contributed by atoms with Crippen LogP contribution in [0.2, 0.25) is 0 Å². The standard InChI is InChI=1S/C26H35N5O/c1-17(2)20-9-5-6-10-22(20)30-24(18(3)4)23(32)14-19-8-7-13-31(15-19)26-21-11-12-27-25(21)28-16-29-26/h5-6,9-12,16-19,24,30H,7-8,13-15H2,1-4H3,(H,27,28,29)/t19-,24+/m0/s1.